The van der Waals surface area contributed by atoms with Gasteiger partial charge in [0, 0.05) is 19.3 Å². The Morgan fingerprint density at radius 3 is 2.92 bits per heavy atom. The summed E-state index contributed by atoms with van der Waals surface area (Å²) in [6, 6.07) is 3.83. The number of aromatic nitrogens is 1. The van der Waals surface area contributed by atoms with Gasteiger partial charge >= 0.3 is 0 Å². The first-order valence-electron chi connectivity index (χ1n) is 3.87. The maximum absolute atomic E-state index is 10.7. The summed E-state index contributed by atoms with van der Waals surface area (Å²) in [5, 5.41) is 2.78. The van der Waals surface area contributed by atoms with Gasteiger partial charge in [-0.1, -0.05) is 6.07 Å². The van der Waals surface area contributed by atoms with E-state index in [1.165, 1.54) is 6.92 Å². The van der Waals surface area contributed by atoms with Gasteiger partial charge in [-0.25, -0.2) is 0 Å². The smallest absolute Gasteiger partial charge is 0.217 e. The fourth-order valence-electron chi connectivity index (χ4n) is 1.02. The molecule has 0 aliphatic rings. The Balaban J connectivity index is 2.65. The van der Waals surface area contributed by atoms with Crippen molar-refractivity contribution in [3.05, 3.63) is 30.1 Å². The average Bonchev–Trinajstić information content (AvgIpc) is 2.05. The van der Waals surface area contributed by atoms with Crippen LogP contribution < -0.4 is 5.32 Å². The second-order valence-corrected chi connectivity index (χ2v) is 2.71. The van der Waals surface area contributed by atoms with Crippen LogP contribution in [0.3, 0.4) is 0 Å². The van der Waals surface area contributed by atoms with E-state index < -0.39 is 0 Å². The molecule has 0 aliphatic heterocycles. The Morgan fingerprint density at radius 2 is 2.42 bits per heavy atom. The zero-order valence-electron chi connectivity index (χ0n) is 7.24. The topological polar surface area (TPSA) is 42.0 Å². The van der Waals surface area contributed by atoms with Crippen LogP contribution in [0.5, 0.6) is 0 Å². The molecule has 3 heteroatoms. The molecule has 0 fully saturated rings. The molecule has 1 N–H and O–H groups in total. The Bertz CT molecular complexity index is 258. The van der Waals surface area contributed by atoms with Gasteiger partial charge in [0.15, 0.2) is 0 Å². The number of rotatable bonds is 2. The number of hydrogen-bond acceptors (Lipinski definition) is 2. The van der Waals surface area contributed by atoms with E-state index in [1.54, 1.807) is 12.4 Å². The van der Waals surface area contributed by atoms with Gasteiger partial charge in [-0.2, -0.15) is 0 Å². The highest BCUT2D eigenvalue weighted by Gasteiger charge is 2.04. The summed E-state index contributed by atoms with van der Waals surface area (Å²) >= 11 is 0. The maximum atomic E-state index is 10.7. The van der Waals surface area contributed by atoms with Crippen LogP contribution in [0.2, 0.25) is 0 Å². The molecule has 1 amide bonds. The molecule has 0 radical (unpaired) electrons. The number of pyridine rings is 1. The molecule has 1 atom stereocenters. The van der Waals surface area contributed by atoms with E-state index >= 15 is 0 Å². The molecule has 0 unspecified atom stereocenters. The van der Waals surface area contributed by atoms with Gasteiger partial charge in [-0.15, -0.1) is 0 Å². The predicted molar refractivity (Wildman–Crippen MR) is 46.5 cm³/mol. The molecule has 1 aromatic rings. The first kappa shape index (κ1) is 8.71. The highest BCUT2D eigenvalue weighted by atomic mass is 16.1. The lowest BCUT2D eigenvalue weighted by molar-refractivity contribution is -0.119. The standard InChI is InChI=1S/C9H12N2O/c1-7(11-8(2)12)9-4-3-5-10-6-9/h3-7H,1-2H3,(H,11,12)/t7-/m0/s1. The third-order valence-electron chi connectivity index (χ3n) is 1.60. The van der Waals surface area contributed by atoms with Crippen molar-refractivity contribution in [3.8, 4) is 0 Å². The Morgan fingerprint density at radius 1 is 1.67 bits per heavy atom. The molecule has 64 valence electrons. The number of nitrogens with one attached hydrogen (secondary N) is 1. The third kappa shape index (κ3) is 2.34. The highest BCUT2D eigenvalue weighted by molar-refractivity contribution is 5.73. The van der Waals surface area contributed by atoms with Gasteiger partial charge in [-0.05, 0) is 18.6 Å². The SMILES string of the molecule is CC(=O)N[C@@H](C)c1cccnc1. The lowest BCUT2D eigenvalue weighted by Gasteiger charge is -2.11. The number of carbonyl (C=O) groups is 1. The molecule has 3 nitrogen and oxygen atoms in total. The van der Waals surface area contributed by atoms with Crippen molar-refractivity contribution in [1.82, 2.24) is 10.3 Å². The molecule has 0 saturated heterocycles. The largest absolute Gasteiger partial charge is 0.350 e. The summed E-state index contributed by atoms with van der Waals surface area (Å²) < 4.78 is 0. The summed E-state index contributed by atoms with van der Waals surface area (Å²) in [6.45, 7) is 3.44. The van der Waals surface area contributed by atoms with Crippen molar-refractivity contribution in [2.45, 2.75) is 19.9 Å². The van der Waals surface area contributed by atoms with E-state index in [1.807, 2.05) is 19.1 Å². The second-order valence-electron chi connectivity index (χ2n) is 2.71. The van der Waals surface area contributed by atoms with Crippen LogP contribution >= 0.6 is 0 Å². The quantitative estimate of drug-likeness (QED) is 0.715. The van der Waals surface area contributed by atoms with E-state index in [2.05, 4.69) is 10.3 Å². The third-order valence-corrected chi connectivity index (χ3v) is 1.60. The van der Waals surface area contributed by atoms with Gasteiger partial charge < -0.3 is 5.32 Å². The molecule has 0 aliphatic carbocycles. The molecule has 0 spiro atoms. The molecule has 1 rings (SSSR count). The minimum atomic E-state index is -0.0219. The molecule has 1 aromatic heterocycles. The fourth-order valence-corrected chi connectivity index (χ4v) is 1.02. The lowest BCUT2D eigenvalue weighted by Crippen LogP contribution is -2.23. The summed E-state index contributed by atoms with van der Waals surface area (Å²) in [5.74, 6) is -0.0219. The molecule has 0 saturated carbocycles. The first-order valence-corrected chi connectivity index (χ1v) is 3.87. The summed E-state index contributed by atoms with van der Waals surface area (Å²) in [5.41, 5.74) is 1.02. The second kappa shape index (κ2) is 3.85. The first-order chi connectivity index (χ1) is 5.70. The molecule has 12 heavy (non-hydrogen) atoms. The maximum Gasteiger partial charge on any atom is 0.217 e. The Hall–Kier alpha value is -1.38. The summed E-state index contributed by atoms with van der Waals surface area (Å²) in [4.78, 5) is 14.7. The van der Waals surface area contributed by atoms with Gasteiger partial charge in [0.2, 0.25) is 5.91 Å². The molecule has 0 aromatic carbocycles. The van der Waals surface area contributed by atoms with Crippen molar-refractivity contribution >= 4 is 5.91 Å². The Labute approximate surface area is 71.8 Å². The molecular weight excluding hydrogens is 152 g/mol. The van der Waals surface area contributed by atoms with Crippen LogP contribution in [0.25, 0.3) is 0 Å². The van der Waals surface area contributed by atoms with Crippen LogP contribution in [0.4, 0.5) is 0 Å². The van der Waals surface area contributed by atoms with Gasteiger partial charge in [0.05, 0.1) is 6.04 Å². The van der Waals surface area contributed by atoms with Crippen LogP contribution in [0.15, 0.2) is 24.5 Å². The summed E-state index contributed by atoms with van der Waals surface area (Å²) in [7, 11) is 0. The number of carbonyl (C=O) groups excluding carboxylic acids is 1. The van der Waals surface area contributed by atoms with Crippen LogP contribution in [0, 0.1) is 0 Å². The van der Waals surface area contributed by atoms with E-state index in [0.717, 1.165) is 5.56 Å². The zero-order chi connectivity index (χ0) is 8.97. The predicted octanol–water partition coefficient (Wildman–Crippen LogP) is 1.28. The zero-order valence-corrected chi connectivity index (χ0v) is 7.24. The molecule has 0 bridgehead atoms. The van der Waals surface area contributed by atoms with Crippen LogP contribution in [0.1, 0.15) is 25.5 Å². The number of nitrogens with zero attached hydrogens (tertiary/aromatic N) is 1. The van der Waals surface area contributed by atoms with Crippen molar-refractivity contribution in [1.29, 1.82) is 0 Å². The van der Waals surface area contributed by atoms with Crippen molar-refractivity contribution in [2.75, 3.05) is 0 Å². The van der Waals surface area contributed by atoms with Crippen LogP contribution in [-0.2, 0) is 4.79 Å². The van der Waals surface area contributed by atoms with Crippen molar-refractivity contribution in [3.63, 3.8) is 0 Å². The lowest BCUT2D eigenvalue weighted by atomic mass is 10.1. The number of amides is 1. The van der Waals surface area contributed by atoms with E-state index in [-0.39, 0.29) is 11.9 Å². The van der Waals surface area contributed by atoms with E-state index in [4.69, 9.17) is 0 Å². The minimum Gasteiger partial charge on any atom is -0.350 e. The molecular formula is C9H12N2O. The van der Waals surface area contributed by atoms with Gasteiger partial charge in [0.25, 0.3) is 0 Å². The van der Waals surface area contributed by atoms with E-state index in [0.29, 0.717) is 0 Å². The normalized spacial score (nSPS) is 12.2. The van der Waals surface area contributed by atoms with Gasteiger partial charge in [-0.3, -0.25) is 9.78 Å². The van der Waals surface area contributed by atoms with E-state index in [9.17, 15) is 4.79 Å². The highest BCUT2D eigenvalue weighted by Crippen LogP contribution is 2.08. The summed E-state index contributed by atoms with van der Waals surface area (Å²) in [6.07, 6.45) is 3.46. The van der Waals surface area contributed by atoms with Crippen LogP contribution in [-0.4, -0.2) is 10.9 Å². The fraction of sp³-hybridized carbons (Fsp3) is 0.333. The molecule has 1 heterocycles. The average molecular weight is 164 g/mol. The van der Waals surface area contributed by atoms with Gasteiger partial charge in [0.1, 0.15) is 0 Å². The van der Waals surface area contributed by atoms with Crippen molar-refractivity contribution < 1.29 is 4.79 Å². The van der Waals surface area contributed by atoms with Crippen molar-refractivity contribution in [2.24, 2.45) is 0 Å². The monoisotopic (exact) mass is 164 g/mol. The Kier molecular flexibility index (Phi) is 2.80. The number of hydrogen-bond donors (Lipinski definition) is 1. The minimum absolute atomic E-state index is 0.0219.